The smallest absolute Gasteiger partial charge is 0.269 e. The molecule has 3 aromatic rings. The largest absolute Gasteiger partial charge is 0.318 e. The molecule has 0 aliphatic carbocycles. The zero-order valence-electron chi connectivity index (χ0n) is 16.1. The number of rotatable bonds is 5. The third-order valence-electron chi connectivity index (χ3n) is 4.81. The fraction of sp³-hybridized carbons (Fsp3) is 0.227. The van der Waals surface area contributed by atoms with Crippen molar-refractivity contribution in [2.24, 2.45) is 4.99 Å². The minimum Gasteiger partial charge on any atom is -0.318 e. The highest BCUT2D eigenvalue weighted by atomic mass is 16.6. The maximum atomic E-state index is 10.9. The van der Waals surface area contributed by atoms with Gasteiger partial charge >= 0.3 is 0 Å². The van der Waals surface area contributed by atoms with Gasteiger partial charge in [-0.25, -0.2) is 0 Å². The Labute approximate surface area is 159 Å². The zero-order chi connectivity index (χ0) is 19.6. The Balaban J connectivity index is 1.92. The number of non-ortho nitro benzene ring substituents is 1. The predicted molar refractivity (Wildman–Crippen MR) is 110 cm³/mol. The number of aryl methyl sites for hydroxylation is 3. The van der Waals surface area contributed by atoms with Gasteiger partial charge in [-0.3, -0.25) is 15.1 Å². The van der Waals surface area contributed by atoms with Crippen molar-refractivity contribution in [1.82, 2.24) is 4.57 Å². The summed E-state index contributed by atoms with van der Waals surface area (Å²) in [6.07, 6.45) is 2.85. The SMILES string of the molecule is CCc1ccc(-n2c(C)cc(C=Nc3ccc([N+](=O)[O-])cc3C)c2C)cc1. The van der Waals surface area contributed by atoms with Crippen LogP contribution in [0.3, 0.4) is 0 Å². The lowest BCUT2D eigenvalue weighted by Crippen LogP contribution is -1.99. The molecule has 5 nitrogen and oxygen atoms in total. The van der Waals surface area contributed by atoms with Crippen LogP contribution in [0.1, 0.15) is 35.0 Å². The van der Waals surface area contributed by atoms with Gasteiger partial charge < -0.3 is 4.57 Å². The molecule has 0 atom stereocenters. The molecule has 0 saturated heterocycles. The highest BCUT2D eigenvalue weighted by molar-refractivity contribution is 5.84. The van der Waals surface area contributed by atoms with Gasteiger partial charge in [0.25, 0.3) is 5.69 Å². The molecule has 1 aromatic heterocycles. The van der Waals surface area contributed by atoms with Crippen LogP contribution in [-0.4, -0.2) is 15.7 Å². The second-order valence-electron chi connectivity index (χ2n) is 6.67. The number of hydrogen-bond donors (Lipinski definition) is 0. The van der Waals surface area contributed by atoms with Crippen LogP contribution in [0.2, 0.25) is 0 Å². The molecule has 1 heterocycles. The summed E-state index contributed by atoms with van der Waals surface area (Å²) in [6.45, 7) is 8.13. The van der Waals surface area contributed by atoms with Crippen LogP contribution >= 0.6 is 0 Å². The Hall–Kier alpha value is -3.21. The van der Waals surface area contributed by atoms with Gasteiger partial charge in [0.05, 0.1) is 10.6 Å². The summed E-state index contributed by atoms with van der Waals surface area (Å²) >= 11 is 0. The average Bonchev–Trinajstić information content (AvgIpc) is 2.94. The van der Waals surface area contributed by atoms with Crippen molar-refractivity contribution in [3.8, 4) is 5.69 Å². The van der Waals surface area contributed by atoms with E-state index in [0.29, 0.717) is 0 Å². The number of aromatic nitrogens is 1. The van der Waals surface area contributed by atoms with Gasteiger partial charge in [0.2, 0.25) is 0 Å². The Morgan fingerprint density at radius 3 is 2.37 bits per heavy atom. The van der Waals surface area contributed by atoms with Crippen molar-refractivity contribution in [3.05, 3.63) is 86.7 Å². The van der Waals surface area contributed by atoms with Gasteiger partial charge in [0, 0.05) is 41.0 Å². The van der Waals surface area contributed by atoms with Crippen LogP contribution in [-0.2, 0) is 6.42 Å². The lowest BCUT2D eigenvalue weighted by atomic mass is 10.1. The van der Waals surface area contributed by atoms with Gasteiger partial charge in [0.15, 0.2) is 0 Å². The normalized spacial score (nSPS) is 11.3. The zero-order valence-corrected chi connectivity index (χ0v) is 16.1. The van der Waals surface area contributed by atoms with Crippen LogP contribution in [0.4, 0.5) is 11.4 Å². The molecule has 0 radical (unpaired) electrons. The molecule has 27 heavy (non-hydrogen) atoms. The number of nitrogens with zero attached hydrogens (tertiary/aromatic N) is 3. The molecule has 0 aliphatic heterocycles. The van der Waals surface area contributed by atoms with Gasteiger partial charge in [-0.15, -0.1) is 0 Å². The number of benzene rings is 2. The summed E-state index contributed by atoms with van der Waals surface area (Å²) in [5, 5.41) is 10.9. The number of nitro groups is 1. The lowest BCUT2D eigenvalue weighted by molar-refractivity contribution is -0.384. The van der Waals surface area contributed by atoms with Gasteiger partial charge in [-0.2, -0.15) is 0 Å². The van der Waals surface area contributed by atoms with Crippen LogP contribution in [0.5, 0.6) is 0 Å². The molecule has 0 fully saturated rings. The third kappa shape index (κ3) is 3.82. The summed E-state index contributed by atoms with van der Waals surface area (Å²) in [4.78, 5) is 15.0. The molecule has 0 saturated carbocycles. The van der Waals surface area contributed by atoms with E-state index in [0.717, 1.165) is 40.3 Å². The van der Waals surface area contributed by atoms with Crippen molar-refractivity contribution in [1.29, 1.82) is 0 Å². The first-order valence-electron chi connectivity index (χ1n) is 8.98. The molecule has 0 N–H and O–H groups in total. The fourth-order valence-corrected chi connectivity index (χ4v) is 3.23. The third-order valence-corrected chi connectivity index (χ3v) is 4.81. The monoisotopic (exact) mass is 361 g/mol. The Morgan fingerprint density at radius 2 is 1.78 bits per heavy atom. The van der Waals surface area contributed by atoms with Gasteiger partial charge in [0.1, 0.15) is 0 Å². The number of aliphatic imine (C=N–C) groups is 1. The lowest BCUT2D eigenvalue weighted by Gasteiger charge is -2.10. The minimum absolute atomic E-state index is 0.0835. The van der Waals surface area contributed by atoms with E-state index in [2.05, 4.69) is 60.7 Å². The predicted octanol–water partition coefficient (Wildman–Crippen LogP) is 5.62. The van der Waals surface area contributed by atoms with Crippen molar-refractivity contribution in [3.63, 3.8) is 0 Å². The molecule has 0 amide bonds. The second kappa shape index (κ2) is 7.58. The van der Waals surface area contributed by atoms with Crippen molar-refractivity contribution < 1.29 is 4.92 Å². The molecule has 2 aromatic carbocycles. The average molecular weight is 361 g/mol. The quantitative estimate of drug-likeness (QED) is 0.336. The Bertz CT molecular complexity index is 1010. The van der Waals surface area contributed by atoms with Gasteiger partial charge in [-0.1, -0.05) is 19.1 Å². The molecular formula is C22H23N3O2. The van der Waals surface area contributed by atoms with E-state index >= 15 is 0 Å². The second-order valence-corrected chi connectivity index (χ2v) is 6.67. The maximum absolute atomic E-state index is 10.9. The summed E-state index contributed by atoms with van der Waals surface area (Å²) in [6, 6.07) is 15.4. The molecule has 3 rings (SSSR count). The van der Waals surface area contributed by atoms with E-state index in [1.807, 2.05) is 13.1 Å². The minimum atomic E-state index is -0.391. The number of hydrogen-bond acceptors (Lipinski definition) is 3. The van der Waals surface area contributed by atoms with E-state index in [1.54, 1.807) is 12.1 Å². The molecule has 138 valence electrons. The molecule has 0 spiro atoms. The molecule has 0 aliphatic rings. The number of nitro benzene ring substituents is 1. The topological polar surface area (TPSA) is 60.4 Å². The first kappa shape index (κ1) is 18.6. The maximum Gasteiger partial charge on any atom is 0.269 e. The van der Waals surface area contributed by atoms with Crippen LogP contribution in [0.25, 0.3) is 5.69 Å². The van der Waals surface area contributed by atoms with E-state index in [1.165, 1.54) is 11.6 Å². The Morgan fingerprint density at radius 1 is 1.07 bits per heavy atom. The molecular weight excluding hydrogens is 338 g/mol. The van der Waals surface area contributed by atoms with Gasteiger partial charge in [-0.05, 0) is 62.6 Å². The highest BCUT2D eigenvalue weighted by Crippen LogP contribution is 2.25. The van der Waals surface area contributed by atoms with E-state index < -0.39 is 4.92 Å². The van der Waals surface area contributed by atoms with E-state index in [-0.39, 0.29) is 5.69 Å². The van der Waals surface area contributed by atoms with E-state index in [9.17, 15) is 10.1 Å². The Kier molecular flexibility index (Phi) is 5.21. The summed E-state index contributed by atoms with van der Waals surface area (Å²) in [5.41, 5.74) is 7.33. The fourth-order valence-electron chi connectivity index (χ4n) is 3.23. The summed E-state index contributed by atoms with van der Waals surface area (Å²) in [5.74, 6) is 0. The van der Waals surface area contributed by atoms with Crippen LogP contribution < -0.4 is 0 Å². The summed E-state index contributed by atoms with van der Waals surface area (Å²) < 4.78 is 2.21. The summed E-state index contributed by atoms with van der Waals surface area (Å²) in [7, 11) is 0. The standard InChI is InChI=1S/C22H23N3O2/c1-5-18-6-8-20(9-7-18)24-16(3)13-19(17(24)4)14-23-22-11-10-21(25(26)27)12-15(22)2/h6-14H,5H2,1-4H3. The van der Waals surface area contributed by atoms with Crippen molar-refractivity contribution in [2.75, 3.05) is 0 Å². The first-order chi connectivity index (χ1) is 12.9. The first-order valence-corrected chi connectivity index (χ1v) is 8.98. The van der Waals surface area contributed by atoms with E-state index in [4.69, 9.17) is 0 Å². The van der Waals surface area contributed by atoms with Crippen molar-refractivity contribution in [2.45, 2.75) is 34.1 Å². The van der Waals surface area contributed by atoms with Crippen molar-refractivity contribution >= 4 is 17.6 Å². The molecule has 0 unspecified atom stereocenters. The molecule has 5 heteroatoms. The van der Waals surface area contributed by atoms with Crippen LogP contribution in [0.15, 0.2) is 53.5 Å². The highest BCUT2D eigenvalue weighted by Gasteiger charge is 2.10. The van der Waals surface area contributed by atoms with Crippen LogP contribution in [0, 0.1) is 30.9 Å². The molecule has 0 bridgehead atoms.